The molecule has 0 unspecified atom stereocenters. The fourth-order valence-electron chi connectivity index (χ4n) is 1.21. The second-order valence-corrected chi connectivity index (χ2v) is 6.31. The van der Waals surface area contributed by atoms with E-state index in [4.69, 9.17) is 0 Å². The Morgan fingerprint density at radius 3 is 1.31 bits per heavy atom. The van der Waals surface area contributed by atoms with Crippen molar-refractivity contribution in [1.29, 1.82) is 0 Å². The third kappa shape index (κ3) is 2.64. The maximum absolute atomic E-state index is 2.24. The van der Waals surface area contributed by atoms with E-state index in [-0.39, 0.29) is 0 Å². The van der Waals surface area contributed by atoms with Crippen LogP contribution in [0.15, 0.2) is 60.7 Å². The maximum atomic E-state index is 2.24. The van der Waals surface area contributed by atoms with Crippen LogP contribution in [-0.4, -0.2) is 0 Å². The van der Waals surface area contributed by atoms with Gasteiger partial charge in [-0.25, -0.2) is 0 Å². The molecule has 0 amide bonds. The first-order valence-corrected chi connectivity index (χ1v) is 6.78. The van der Waals surface area contributed by atoms with Crippen molar-refractivity contribution < 1.29 is 23.2 Å². The Morgan fingerprint density at radius 2 is 0.923 bits per heavy atom. The molecule has 0 aromatic heterocycles. The Morgan fingerprint density at radius 1 is 0.538 bits per heavy atom. The second kappa shape index (κ2) is 4.53. The van der Waals surface area contributed by atoms with Gasteiger partial charge in [0, 0.05) is 0 Å². The van der Waals surface area contributed by atoms with Gasteiger partial charge in [0.15, 0.2) is 0 Å². The zero-order valence-electron chi connectivity index (χ0n) is 7.27. The SMILES string of the molecule is c1cc[c]([Zr][c]2ccccc2)cc1. The van der Waals surface area contributed by atoms with E-state index < -0.39 is 23.2 Å². The Kier molecular flexibility index (Phi) is 3.10. The molecular formula is C12H10Zr. The average molecular weight is 245 g/mol. The summed E-state index contributed by atoms with van der Waals surface area (Å²) in [5.74, 6) is 0. The van der Waals surface area contributed by atoms with E-state index in [2.05, 4.69) is 60.7 Å². The van der Waals surface area contributed by atoms with E-state index >= 15 is 0 Å². The molecule has 0 aliphatic heterocycles. The fraction of sp³-hybridized carbons (Fsp3) is 0. The van der Waals surface area contributed by atoms with Crippen LogP contribution in [0.1, 0.15) is 0 Å². The van der Waals surface area contributed by atoms with Crippen LogP contribution in [0.25, 0.3) is 0 Å². The zero-order valence-corrected chi connectivity index (χ0v) is 9.73. The van der Waals surface area contributed by atoms with Gasteiger partial charge in [-0.3, -0.25) is 0 Å². The Labute approximate surface area is 90.2 Å². The first-order chi connectivity index (χ1) is 6.45. The van der Waals surface area contributed by atoms with E-state index in [1.165, 1.54) is 6.54 Å². The summed E-state index contributed by atoms with van der Waals surface area (Å²) in [7, 11) is 0. The van der Waals surface area contributed by atoms with Gasteiger partial charge in [-0.15, -0.1) is 0 Å². The predicted octanol–water partition coefficient (Wildman–Crippen LogP) is 1.72. The summed E-state index contributed by atoms with van der Waals surface area (Å²) in [6, 6.07) is 21.6. The zero-order chi connectivity index (χ0) is 8.93. The van der Waals surface area contributed by atoms with Crippen LogP contribution in [0, 0.1) is 0 Å². The van der Waals surface area contributed by atoms with Crippen molar-refractivity contribution in [2.75, 3.05) is 0 Å². The molecule has 0 aliphatic rings. The molecule has 0 bridgehead atoms. The minimum atomic E-state index is -0.517. The molecule has 0 saturated heterocycles. The fourth-order valence-corrected chi connectivity index (χ4v) is 3.79. The molecule has 0 radical (unpaired) electrons. The number of rotatable bonds is 2. The molecule has 2 aromatic carbocycles. The van der Waals surface area contributed by atoms with Crippen LogP contribution < -0.4 is 6.54 Å². The molecule has 0 aliphatic carbocycles. The molecule has 0 atom stereocenters. The van der Waals surface area contributed by atoms with Gasteiger partial charge in [-0.05, 0) is 0 Å². The van der Waals surface area contributed by atoms with Crippen molar-refractivity contribution in [3.8, 4) is 0 Å². The normalized spacial score (nSPS) is 9.54. The van der Waals surface area contributed by atoms with Crippen molar-refractivity contribution in [3.05, 3.63) is 60.7 Å². The first-order valence-electron chi connectivity index (χ1n) is 4.32. The molecule has 62 valence electrons. The molecule has 0 heterocycles. The van der Waals surface area contributed by atoms with Crippen molar-refractivity contribution in [2.45, 2.75) is 0 Å². The summed E-state index contributed by atoms with van der Waals surface area (Å²) in [6.07, 6.45) is 0. The van der Waals surface area contributed by atoms with Crippen molar-refractivity contribution >= 4 is 6.54 Å². The monoisotopic (exact) mass is 244 g/mol. The first kappa shape index (κ1) is 8.90. The number of hydrogen-bond donors (Lipinski definition) is 0. The molecule has 0 N–H and O–H groups in total. The van der Waals surface area contributed by atoms with E-state index in [1.807, 2.05) is 0 Å². The van der Waals surface area contributed by atoms with E-state index in [0.29, 0.717) is 0 Å². The molecule has 0 saturated carbocycles. The van der Waals surface area contributed by atoms with Crippen LogP contribution in [0.4, 0.5) is 0 Å². The van der Waals surface area contributed by atoms with Crippen molar-refractivity contribution in [3.63, 3.8) is 0 Å². The van der Waals surface area contributed by atoms with Crippen LogP contribution in [0.2, 0.25) is 0 Å². The molecule has 0 fully saturated rings. The summed E-state index contributed by atoms with van der Waals surface area (Å²) < 4.78 is 3.08. The predicted molar refractivity (Wildman–Crippen MR) is 52.2 cm³/mol. The summed E-state index contributed by atoms with van der Waals surface area (Å²) >= 11 is -0.517. The molecule has 2 rings (SSSR count). The molecular weight excluding hydrogens is 235 g/mol. The summed E-state index contributed by atoms with van der Waals surface area (Å²) in [5, 5.41) is 0. The summed E-state index contributed by atoms with van der Waals surface area (Å²) in [4.78, 5) is 0. The van der Waals surface area contributed by atoms with Crippen molar-refractivity contribution in [2.24, 2.45) is 0 Å². The molecule has 0 nitrogen and oxygen atoms in total. The third-order valence-electron chi connectivity index (χ3n) is 1.84. The van der Waals surface area contributed by atoms with E-state index in [9.17, 15) is 0 Å². The van der Waals surface area contributed by atoms with Crippen LogP contribution in [0.5, 0.6) is 0 Å². The third-order valence-corrected chi connectivity index (χ3v) is 4.89. The summed E-state index contributed by atoms with van der Waals surface area (Å²) in [5.41, 5.74) is 0. The van der Waals surface area contributed by atoms with E-state index in [0.717, 1.165) is 0 Å². The Bertz CT molecular complexity index is 316. The van der Waals surface area contributed by atoms with Gasteiger partial charge in [0.25, 0.3) is 0 Å². The van der Waals surface area contributed by atoms with Gasteiger partial charge in [-0.1, -0.05) is 0 Å². The molecule has 2 aromatic rings. The van der Waals surface area contributed by atoms with Crippen molar-refractivity contribution in [1.82, 2.24) is 0 Å². The van der Waals surface area contributed by atoms with Gasteiger partial charge in [0.2, 0.25) is 0 Å². The van der Waals surface area contributed by atoms with Gasteiger partial charge in [0.05, 0.1) is 0 Å². The molecule has 0 spiro atoms. The summed E-state index contributed by atoms with van der Waals surface area (Å²) in [6.45, 7) is 0. The Balaban J connectivity index is 2.16. The van der Waals surface area contributed by atoms with Crippen LogP contribution >= 0.6 is 0 Å². The second-order valence-electron chi connectivity index (χ2n) is 2.86. The van der Waals surface area contributed by atoms with Gasteiger partial charge in [-0.2, -0.15) is 0 Å². The standard InChI is InChI=1S/2C6H5.Zr/c2*1-2-4-6-5-3-1;/h2*1-5H;. The molecule has 1 heteroatoms. The minimum absolute atomic E-state index is 0.517. The number of benzene rings is 2. The average Bonchev–Trinajstić information content (AvgIpc) is 2.21. The quantitative estimate of drug-likeness (QED) is 0.756. The van der Waals surface area contributed by atoms with E-state index in [1.54, 1.807) is 0 Å². The molecule has 13 heavy (non-hydrogen) atoms. The number of hydrogen-bond acceptors (Lipinski definition) is 0. The van der Waals surface area contributed by atoms with Gasteiger partial charge >= 0.3 is 90.4 Å². The van der Waals surface area contributed by atoms with Crippen LogP contribution in [-0.2, 0) is 23.2 Å². The van der Waals surface area contributed by atoms with Gasteiger partial charge in [0.1, 0.15) is 0 Å². The van der Waals surface area contributed by atoms with Gasteiger partial charge < -0.3 is 0 Å². The Hall–Kier alpha value is -0.677. The van der Waals surface area contributed by atoms with Crippen LogP contribution in [0.3, 0.4) is 0 Å². The topological polar surface area (TPSA) is 0 Å².